The van der Waals surface area contributed by atoms with Crippen LogP contribution in [0.3, 0.4) is 0 Å². The first-order chi connectivity index (χ1) is 9.29. The lowest BCUT2D eigenvalue weighted by atomic mass is 10.2. The molecule has 1 saturated heterocycles. The normalized spacial score (nSPS) is 16.3. The molecule has 0 aliphatic carbocycles. The van der Waals surface area contributed by atoms with E-state index in [0.29, 0.717) is 0 Å². The molecule has 1 fully saturated rings. The molecule has 4 heteroatoms. The van der Waals surface area contributed by atoms with E-state index in [4.69, 9.17) is 4.74 Å². The molecule has 1 heterocycles. The summed E-state index contributed by atoms with van der Waals surface area (Å²) in [5, 5.41) is 4.26. The van der Waals surface area contributed by atoms with Gasteiger partial charge >= 0.3 is 0 Å². The predicted molar refractivity (Wildman–Crippen MR) is 84.6 cm³/mol. The molecule has 106 valence electrons. The van der Waals surface area contributed by atoms with Gasteiger partial charge in [-0.3, -0.25) is 0 Å². The summed E-state index contributed by atoms with van der Waals surface area (Å²) in [5.41, 5.74) is 1.23. The summed E-state index contributed by atoms with van der Waals surface area (Å²) in [6.07, 6.45) is 2.63. The molecule has 0 radical (unpaired) electrons. The SMILES string of the molecule is COc1cccc(N(C)CCSC2CCNCC2)c1. The van der Waals surface area contributed by atoms with Gasteiger partial charge in [0.15, 0.2) is 0 Å². The van der Waals surface area contributed by atoms with Crippen LogP contribution in [0.1, 0.15) is 12.8 Å². The Hall–Kier alpha value is -0.870. The Kier molecular flexibility index (Phi) is 5.86. The van der Waals surface area contributed by atoms with Crippen molar-refractivity contribution in [1.82, 2.24) is 5.32 Å². The van der Waals surface area contributed by atoms with E-state index in [2.05, 4.69) is 41.2 Å². The van der Waals surface area contributed by atoms with Gasteiger partial charge in [0, 0.05) is 36.3 Å². The Bertz CT molecular complexity index is 380. The van der Waals surface area contributed by atoms with Crippen LogP contribution < -0.4 is 15.0 Å². The molecule has 2 rings (SSSR count). The average Bonchev–Trinajstić information content (AvgIpc) is 2.48. The largest absolute Gasteiger partial charge is 0.497 e. The maximum atomic E-state index is 5.27. The molecule has 1 N–H and O–H groups in total. The fraction of sp³-hybridized carbons (Fsp3) is 0.600. The second-order valence-corrected chi connectivity index (χ2v) is 6.35. The average molecular weight is 280 g/mol. The third-order valence-corrected chi connectivity index (χ3v) is 4.92. The van der Waals surface area contributed by atoms with Gasteiger partial charge in [-0.15, -0.1) is 0 Å². The Labute approximate surface area is 120 Å². The van der Waals surface area contributed by atoms with Crippen LogP contribution in [0.5, 0.6) is 5.75 Å². The molecule has 1 aromatic carbocycles. The van der Waals surface area contributed by atoms with Crippen molar-refractivity contribution in [3.8, 4) is 5.75 Å². The zero-order chi connectivity index (χ0) is 13.5. The number of hydrogen-bond donors (Lipinski definition) is 1. The van der Waals surface area contributed by atoms with Crippen molar-refractivity contribution in [2.45, 2.75) is 18.1 Å². The molecule has 0 bridgehead atoms. The first kappa shape index (κ1) is 14.5. The maximum absolute atomic E-state index is 5.27. The number of ether oxygens (including phenoxy) is 1. The van der Waals surface area contributed by atoms with Gasteiger partial charge in [-0.25, -0.2) is 0 Å². The smallest absolute Gasteiger partial charge is 0.120 e. The minimum Gasteiger partial charge on any atom is -0.497 e. The van der Waals surface area contributed by atoms with Crippen LogP contribution in [0.4, 0.5) is 5.69 Å². The zero-order valence-electron chi connectivity index (χ0n) is 11.9. The Morgan fingerprint density at radius 3 is 2.89 bits per heavy atom. The number of benzene rings is 1. The molecular weight excluding hydrogens is 256 g/mol. The van der Waals surface area contributed by atoms with Gasteiger partial charge in [0.05, 0.1) is 7.11 Å². The van der Waals surface area contributed by atoms with E-state index in [1.807, 2.05) is 12.1 Å². The fourth-order valence-corrected chi connectivity index (χ4v) is 3.58. The van der Waals surface area contributed by atoms with Gasteiger partial charge in [0.2, 0.25) is 0 Å². The van der Waals surface area contributed by atoms with Crippen molar-refractivity contribution in [2.75, 3.05) is 44.4 Å². The van der Waals surface area contributed by atoms with Crippen LogP contribution in [0, 0.1) is 0 Å². The molecule has 1 aromatic rings. The minimum atomic E-state index is 0.847. The Balaban J connectivity index is 1.75. The number of thioether (sulfide) groups is 1. The Morgan fingerprint density at radius 1 is 1.37 bits per heavy atom. The van der Waals surface area contributed by atoms with Crippen LogP contribution in [-0.4, -0.2) is 44.8 Å². The van der Waals surface area contributed by atoms with E-state index in [1.54, 1.807) is 7.11 Å². The Morgan fingerprint density at radius 2 is 2.16 bits per heavy atom. The highest BCUT2D eigenvalue weighted by Gasteiger charge is 2.13. The third-order valence-electron chi connectivity index (χ3n) is 3.56. The first-order valence-corrected chi connectivity index (χ1v) is 8.02. The van der Waals surface area contributed by atoms with Crippen molar-refractivity contribution in [3.63, 3.8) is 0 Å². The number of hydrogen-bond acceptors (Lipinski definition) is 4. The summed E-state index contributed by atoms with van der Waals surface area (Å²) in [6.45, 7) is 3.45. The molecule has 0 aromatic heterocycles. The van der Waals surface area contributed by atoms with Crippen LogP contribution in [0.15, 0.2) is 24.3 Å². The first-order valence-electron chi connectivity index (χ1n) is 6.97. The molecule has 0 unspecified atom stereocenters. The number of anilines is 1. The van der Waals surface area contributed by atoms with E-state index in [9.17, 15) is 0 Å². The lowest BCUT2D eigenvalue weighted by molar-refractivity contribution is 0.415. The van der Waals surface area contributed by atoms with Crippen molar-refractivity contribution in [3.05, 3.63) is 24.3 Å². The molecule has 1 aliphatic heterocycles. The molecule has 0 atom stereocenters. The second-order valence-electron chi connectivity index (χ2n) is 4.94. The van der Waals surface area contributed by atoms with Gasteiger partial charge in [-0.2, -0.15) is 11.8 Å². The lowest BCUT2D eigenvalue weighted by Gasteiger charge is -2.24. The number of rotatable bonds is 6. The standard InChI is InChI=1S/C15H24N2OS/c1-17(13-4-3-5-14(12-13)18-2)10-11-19-15-6-8-16-9-7-15/h3-5,12,15-16H,6-11H2,1-2H3. The second kappa shape index (κ2) is 7.65. The number of nitrogens with zero attached hydrogens (tertiary/aromatic N) is 1. The minimum absolute atomic E-state index is 0.847. The number of methoxy groups -OCH3 is 1. The van der Waals surface area contributed by atoms with Crippen LogP contribution in [0.2, 0.25) is 0 Å². The summed E-state index contributed by atoms with van der Waals surface area (Å²) in [4.78, 5) is 2.30. The van der Waals surface area contributed by atoms with E-state index in [1.165, 1.54) is 37.4 Å². The number of nitrogens with one attached hydrogen (secondary N) is 1. The molecule has 0 saturated carbocycles. The highest BCUT2D eigenvalue weighted by atomic mass is 32.2. The quantitative estimate of drug-likeness (QED) is 0.866. The summed E-state index contributed by atoms with van der Waals surface area (Å²) in [5.74, 6) is 2.12. The summed E-state index contributed by atoms with van der Waals surface area (Å²) < 4.78 is 5.27. The molecule has 0 spiro atoms. The summed E-state index contributed by atoms with van der Waals surface area (Å²) in [6, 6.07) is 8.26. The van der Waals surface area contributed by atoms with E-state index in [0.717, 1.165) is 17.5 Å². The highest BCUT2D eigenvalue weighted by Crippen LogP contribution is 2.22. The summed E-state index contributed by atoms with van der Waals surface area (Å²) in [7, 11) is 3.86. The molecule has 0 amide bonds. The van der Waals surface area contributed by atoms with Crippen molar-refractivity contribution in [2.24, 2.45) is 0 Å². The van der Waals surface area contributed by atoms with E-state index >= 15 is 0 Å². The van der Waals surface area contributed by atoms with Gasteiger partial charge in [0.1, 0.15) is 5.75 Å². The third kappa shape index (κ3) is 4.62. The molecule has 19 heavy (non-hydrogen) atoms. The topological polar surface area (TPSA) is 24.5 Å². The lowest BCUT2D eigenvalue weighted by Crippen LogP contribution is -2.30. The van der Waals surface area contributed by atoms with Crippen molar-refractivity contribution in [1.29, 1.82) is 0 Å². The van der Waals surface area contributed by atoms with Crippen LogP contribution in [0.25, 0.3) is 0 Å². The summed E-state index contributed by atoms with van der Waals surface area (Å²) >= 11 is 2.12. The van der Waals surface area contributed by atoms with E-state index in [-0.39, 0.29) is 0 Å². The molecule has 3 nitrogen and oxygen atoms in total. The fourth-order valence-electron chi connectivity index (χ4n) is 2.30. The van der Waals surface area contributed by atoms with E-state index < -0.39 is 0 Å². The number of piperidine rings is 1. The zero-order valence-corrected chi connectivity index (χ0v) is 12.7. The van der Waals surface area contributed by atoms with Crippen LogP contribution in [-0.2, 0) is 0 Å². The maximum Gasteiger partial charge on any atom is 0.120 e. The van der Waals surface area contributed by atoms with Gasteiger partial charge in [-0.1, -0.05) is 6.07 Å². The monoisotopic (exact) mass is 280 g/mol. The van der Waals surface area contributed by atoms with Crippen LogP contribution >= 0.6 is 11.8 Å². The van der Waals surface area contributed by atoms with Crippen molar-refractivity contribution >= 4 is 17.4 Å². The molecular formula is C15H24N2OS. The molecule has 1 aliphatic rings. The predicted octanol–water partition coefficient (Wildman–Crippen LogP) is 2.62. The van der Waals surface area contributed by atoms with Gasteiger partial charge in [0.25, 0.3) is 0 Å². The van der Waals surface area contributed by atoms with Crippen molar-refractivity contribution < 1.29 is 4.74 Å². The highest BCUT2D eigenvalue weighted by molar-refractivity contribution is 7.99. The van der Waals surface area contributed by atoms with Gasteiger partial charge < -0.3 is 15.0 Å². The van der Waals surface area contributed by atoms with Gasteiger partial charge in [-0.05, 0) is 38.1 Å².